The number of nitrogens with zero attached hydrogens (tertiary/aromatic N) is 1. The summed E-state index contributed by atoms with van der Waals surface area (Å²) >= 11 is 0. The fourth-order valence-corrected chi connectivity index (χ4v) is 1.48. The van der Waals surface area contributed by atoms with E-state index >= 15 is 0 Å². The first-order chi connectivity index (χ1) is 6.00. The highest BCUT2D eigenvalue weighted by Crippen LogP contribution is 2.16. The van der Waals surface area contributed by atoms with Gasteiger partial charge in [-0.3, -0.25) is 14.6 Å². The maximum Gasteiger partial charge on any atom is 0.264 e. The molecule has 1 atom stereocenters. The molecule has 0 aromatic carbocycles. The first-order valence-corrected chi connectivity index (χ1v) is 4.52. The van der Waals surface area contributed by atoms with Gasteiger partial charge in [-0.05, 0) is 12.3 Å². The summed E-state index contributed by atoms with van der Waals surface area (Å²) in [5, 5.41) is 2.64. The Morgan fingerprint density at radius 1 is 1.62 bits per heavy atom. The highest BCUT2D eigenvalue weighted by Gasteiger charge is 2.12. The predicted octanol–water partition coefficient (Wildman–Crippen LogP) is 0.759. The molecule has 1 aromatic heterocycles. The molecule has 74 valence electrons. The molecule has 1 rings (SSSR count). The Hall–Kier alpha value is -1.03. The first-order valence-electron chi connectivity index (χ1n) is 4.52. The van der Waals surface area contributed by atoms with Gasteiger partial charge in [0.05, 0.1) is 5.69 Å². The molecular weight excluding hydrogens is 166 g/mol. The summed E-state index contributed by atoms with van der Waals surface area (Å²) in [6.07, 6.45) is 0.894. The number of aromatic amines is 1. The van der Waals surface area contributed by atoms with E-state index in [1.807, 2.05) is 0 Å². The number of aromatic nitrogens is 2. The van der Waals surface area contributed by atoms with E-state index in [0.29, 0.717) is 5.92 Å². The molecule has 3 N–H and O–H groups in total. The van der Waals surface area contributed by atoms with Crippen LogP contribution in [0.2, 0.25) is 0 Å². The molecule has 4 heteroatoms. The second-order valence-electron chi connectivity index (χ2n) is 3.84. The molecule has 1 aromatic rings. The molecule has 1 heterocycles. The SMILES string of the molecule is CC(C)C[C@H](N)c1cc(=O)[nH]n1C. The van der Waals surface area contributed by atoms with E-state index in [1.54, 1.807) is 17.8 Å². The Morgan fingerprint density at radius 3 is 2.62 bits per heavy atom. The van der Waals surface area contributed by atoms with Crippen LogP contribution in [-0.4, -0.2) is 9.78 Å². The minimum atomic E-state index is -0.0864. The zero-order chi connectivity index (χ0) is 10.0. The van der Waals surface area contributed by atoms with E-state index in [4.69, 9.17) is 5.73 Å². The molecular formula is C9H17N3O. The van der Waals surface area contributed by atoms with Crippen molar-refractivity contribution in [2.75, 3.05) is 0 Å². The van der Waals surface area contributed by atoms with E-state index in [1.165, 1.54) is 0 Å². The van der Waals surface area contributed by atoms with Gasteiger partial charge in [0.15, 0.2) is 0 Å². The third-order valence-corrected chi connectivity index (χ3v) is 2.05. The number of nitrogens with one attached hydrogen (secondary N) is 1. The lowest BCUT2D eigenvalue weighted by Crippen LogP contribution is -2.16. The maximum atomic E-state index is 11.0. The van der Waals surface area contributed by atoms with Crippen LogP contribution in [0.5, 0.6) is 0 Å². The van der Waals surface area contributed by atoms with Gasteiger partial charge in [-0.2, -0.15) is 0 Å². The van der Waals surface area contributed by atoms with Crippen molar-refractivity contribution < 1.29 is 0 Å². The van der Waals surface area contributed by atoms with Gasteiger partial charge in [0, 0.05) is 19.2 Å². The zero-order valence-electron chi connectivity index (χ0n) is 8.37. The third-order valence-electron chi connectivity index (χ3n) is 2.05. The molecule has 4 nitrogen and oxygen atoms in total. The molecule has 0 spiro atoms. The van der Waals surface area contributed by atoms with Crippen LogP contribution in [0.3, 0.4) is 0 Å². The van der Waals surface area contributed by atoms with Crippen molar-refractivity contribution in [3.63, 3.8) is 0 Å². The number of H-pyrrole nitrogens is 1. The minimum absolute atomic E-state index is 0.0519. The van der Waals surface area contributed by atoms with Gasteiger partial charge in [0.25, 0.3) is 5.56 Å². The lowest BCUT2D eigenvalue weighted by molar-refractivity contribution is 0.485. The molecule has 0 aliphatic heterocycles. The standard InChI is InChI=1S/C9H17N3O/c1-6(2)4-7(10)8-5-9(13)11-12(8)3/h5-7H,4,10H2,1-3H3,(H,11,13)/t7-/m0/s1. The Kier molecular flexibility index (Phi) is 2.93. The molecule has 0 saturated carbocycles. The van der Waals surface area contributed by atoms with E-state index < -0.39 is 0 Å². The van der Waals surface area contributed by atoms with Crippen LogP contribution in [0.4, 0.5) is 0 Å². The molecule has 0 amide bonds. The summed E-state index contributed by atoms with van der Waals surface area (Å²) in [6, 6.07) is 1.51. The van der Waals surface area contributed by atoms with Crippen LogP contribution < -0.4 is 11.3 Å². The summed E-state index contributed by atoms with van der Waals surface area (Å²) in [4.78, 5) is 11.0. The van der Waals surface area contributed by atoms with Crippen molar-refractivity contribution in [1.29, 1.82) is 0 Å². The van der Waals surface area contributed by atoms with Crippen LogP contribution in [0.1, 0.15) is 32.0 Å². The van der Waals surface area contributed by atoms with Crippen LogP contribution in [0.25, 0.3) is 0 Å². The van der Waals surface area contributed by atoms with Gasteiger partial charge in [0.1, 0.15) is 0 Å². The van der Waals surface area contributed by atoms with Crippen LogP contribution in [0.15, 0.2) is 10.9 Å². The number of aryl methyl sites for hydroxylation is 1. The Labute approximate surface area is 77.7 Å². The topological polar surface area (TPSA) is 63.8 Å². The molecule has 0 radical (unpaired) electrons. The fraction of sp³-hybridized carbons (Fsp3) is 0.667. The van der Waals surface area contributed by atoms with E-state index in [-0.39, 0.29) is 11.6 Å². The molecule has 0 fully saturated rings. The van der Waals surface area contributed by atoms with Crippen LogP contribution >= 0.6 is 0 Å². The molecule has 0 bridgehead atoms. The van der Waals surface area contributed by atoms with Gasteiger partial charge in [-0.25, -0.2) is 0 Å². The van der Waals surface area contributed by atoms with Gasteiger partial charge in [-0.15, -0.1) is 0 Å². The van der Waals surface area contributed by atoms with Crippen LogP contribution in [-0.2, 0) is 7.05 Å². The summed E-state index contributed by atoms with van der Waals surface area (Å²) in [5.41, 5.74) is 6.72. The number of hydrogen-bond acceptors (Lipinski definition) is 2. The second kappa shape index (κ2) is 3.79. The summed E-state index contributed by atoms with van der Waals surface area (Å²) in [5.74, 6) is 0.542. The number of nitrogens with two attached hydrogens (primary N) is 1. The highest BCUT2D eigenvalue weighted by molar-refractivity contribution is 5.05. The van der Waals surface area contributed by atoms with Crippen molar-refractivity contribution >= 4 is 0 Å². The quantitative estimate of drug-likeness (QED) is 0.726. The monoisotopic (exact) mass is 183 g/mol. The summed E-state index contributed by atoms with van der Waals surface area (Å²) in [6.45, 7) is 4.23. The lowest BCUT2D eigenvalue weighted by Gasteiger charge is -2.13. The normalized spacial score (nSPS) is 13.6. The maximum absolute atomic E-state index is 11.0. The highest BCUT2D eigenvalue weighted by atomic mass is 16.1. The van der Waals surface area contributed by atoms with E-state index in [2.05, 4.69) is 18.9 Å². The smallest absolute Gasteiger partial charge is 0.264 e. The van der Waals surface area contributed by atoms with Crippen molar-refractivity contribution in [2.24, 2.45) is 18.7 Å². The lowest BCUT2D eigenvalue weighted by atomic mass is 10.0. The van der Waals surface area contributed by atoms with Crippen molar-refractivity contribution in [3.8, 4) is 0 Å². The fourth-order valence-electron chi connectivity index (χ4n) is 1.48. The van der Waals surface area contributed by atoms with Gasteiger partial charge >= 0.3 is 0 Å². The van der Waals surface area contributed by atoms with Gasteiger partial charge < -0.3 is 5.73 Å². The number of hydrogen-bond donors (Lipinski definition) is 2. The van der Waals surface area contributed by atoms with Crippen molar-refractivity contribution in [3.05, 3.63) is 22.1 Å². The summed E-state index contributed by atoms with van der Waals surface area (Å²) < 4.78 is 1.69. The first kappa shape index (κ1) is 10.1. The third kappa shape index (κ3) is 2.45. The molecule has 0 unspecified atom stereocenters. The zero-order valence-corrected chi connectivity index (χ0v) is 8.37. The number of rotatable bonds is 3. The van der Waals surface area contributed by atoms with Crippen molar-refractivity contribution in [1.82, 2.24) is 9.78 Å². The van der Waals surface area contributed by atoms with Gasteiger partial charge in [0.2, 0.25) is 0 Å². The van der Waals surface area contributed by atoms with E-state index in [9.17, 15) is 4.79 Å². The Bertz CT molecular complexity index is 324. The average Bonchev–Trinajstić information content (AvgIpc) is 2.28. The van der Waals surface area contributed by atoms with Crippen LogP contribution in [0, 0.1) is 5.92 Å². The van der Waals surface area contributed by atoms with Crippen molar-refractivity contribution in [2.45, 2.75) is 26.3 Å². The Morgan fingerprint density at radius 2 is 2.23 bits per heavy atom. The van der Waals surface area contributed by atoms with E-state index in [0.717, 1.165) is 12.1 Å². The Balaban J connectivity index is 2.82. The molecule has 0 aliphatic rings. The predicted molar refractivity (Wildman–Crippen MR) is 52.4 cm³/mol. The molecule has 0 saturated heterocycles. The average molecular weight is 183 g/mol. The largest absolute Gasteiger partial charge is 0.323 e. The summed E-state index contributed by atoms with van der Waals surface area (Å²) in [7, 11) is 1.80. The molecule has 0 aliphatic carbocycles. The molecule has 13 heavy (non-hydrogen) atoms. The van der Waals surface area contributed by atoms with Gasteiger partial charge in [-0.1, -0.05) is 13.8 Å². The second-order valence-corrected chi connectivity index (χ2v) is 3.84. The minimum Gasteiger partial charge on any atom is -0.323 e.